The summed E-state index contributed by atoms with van der Waals surface area (Å²) in [6.45, 7) is 9.53. The zero-order chi connectivity index (χ0) is 19.2. The predicted molar refractivity (Wildman–Crippen MR) is 116 cm³/mol. The zero-order valence-corrected chi connectivity index (χ0v) is 17.5. The zero-order valence-electron chi connectivity index (χ0n) is 17.5. The summed E-state index contributed by atoms with van der Waals surface area (Å²) < 4.78 is 12.3. The van der Waals surface area contributed by atoms with Crippen molar-refractivity contribution in [2.75, 3.05) is 6.61 Å². The molecular formula is C25H34O2. The van der Waals surface area contributed by atoms with E-state index in [2.05, 4.69) is 52.0 Å². The minimum Gasteiger partial charge on any atom is -0.493 e. The number of hydrogen-bond donors (Lipinski definition) is 0. The van der Waals surface area contributed by atoms with Gasteiger partial charge in [0.1, 0.15) is 16.9 Å². The molecule has 0 amide bonds. The Kier molecular flexibility index (Phi) is 6.82. The Bertz CT molecular complexity index is 888. The molecule has 0 aliphatic heterocycles. The molecule has 0 N–H and O–H groups in total. The molecule has 0 saturated carbocycles. The molecule has 2 nitrogen and oxygen atoms in total. The number of furan rings is 1. The highest BCUT2D eigenvalue weighted by molar-refractivity contribution is 6.07. The van der Waals surface area contributed by atoms with Crippen LogP contribution in [0.3, 0.4) is 0 Å². The first-order chi connectivity index (χ1) is 13.2. The van der Waals surface area contributed by atoms with Gasteiger partial charge in [-0.3, -0.25) is 0 Å². The van der Waals surface area contributed by atoms with Gasteiger partial charge in [0.25, 0.3) is 0 Å². The fraction of sp³-hybridized carbons (Fsp3) is 0.520. The van der Waals surface area contributed by atoms with Crippen LogP contribution in [0.25, 0.3) is 21.9 Å². The minimum absolute atomic E-state index is 0.768. The summed E-state index contributed by atoms with van der Waals surface area (Å²) in [6, 6.07) is 8.79. The van der Waals surface area contributed by atoms with E-state index in [1.807, 2.05) is 0 Å². The molecule has 3 aromatic rings. The largest absolute Gasteiger partial charge is 0.493 e. The van der Waals surface area contributed by atoms with Crippen LogP contribution in [-0.2, 0) is 6.42 Å². The van der Waals surface area contributed by atoms with Crippen LogP contribution >= 0.6 is 0 Å². The Labute approximate surface area is 163 Å². The molecule has 0 atom stereocenters. The van der Waals surface area contributed by atoms with Crippen molar-refractivity contribution in [3.63, 3.8) is 0 Å². The van der Waals surface area contributed by atoms with Gasteiger partial charge < -0.3 is 9.15 Å². The van der Waals surface area contributed by atoms with Gasteiger partial charge >= 0.3 is 0 Å². The van der Waals surface area contributed by atoms with E-state index in [-0.39, 0.29) is 0 Å². The highest BCUT2D eigenvalue weighted by atomic mass is 16.5. The van der Waals surface area contributed by atoms with E-state index in [4.69, 9.17) is 9.15 Å². The lowest BCUT2D eigenvalue weighted by atomic mass is 9.98. The SMILES string of the molecule is CCCCCCCc1ccc2c(oc3c(C)c(OCCCC)ccc32)c1C. The maximum Gasteiger partial charge on any atom is 0.142 e. The summed E-state index contributed by atoms with van der Waals surface area (Å²) in [6.07, 6.45) is 9.96. The maximum absolute atomic E-state index is 6.37. The highest BCUT2D eigenvalue weighted by Crippen LogP contribution is 2.37. The van der Waals surface area contributed by atoms with Crippen molar-refractivity contribution in [3.8, 4) is 5.75 Å². The predicted octanol–water partition coefficient (Wildman–Crippen LogP) is 7.89. The molecule has 0 spiro atoms. The van der Waals surface area contributed by atoms with Crippen molar-refractivity contribution >= 4 is 21.9 Å². The van der Waals surface area contributed by atoms with E-state index in [0.717, 1.165) is 48.3 Å². The summed E-state index contributed by atoms with van der Waals surface area (Å²) in [5, 5.41) is 2.42. The van der Waals surface area contributed by atoms with Crippen LogP contribution in [0.4, 0.5) is 0 Å². The van der Waals surface area contributed by atoms with Gasteiger partial charge in [-0.05, 0) is 56.4 Å². The van der Waals surface area contributed by atoms with Crippen LogP contribution in [0.1, 0.15) is 75.5 Å². The molecule has 2 heteroatoms. The summed E-state index contributed by atoms with van der Waals surface area (Å²) in [5.41, 5.74) is 5.86. The molecule has 146 valence electrons. The first-order valence-corrected chi connectivity index (χ1v) is 10.7. The van der Waals surface area contributed by atoms with E-state index in [0.29, 0.717) is 0 Å². The maximum atomic E-state index is 6.37. The lowest BCUT2D eigenvalue weighted by molar-refractivity contribution is 0.307. The third kappa shape index (κ3) is 4.31. The van der Waals surface area contributed by atoms with Crippen LogP contribution in [0, 0.1) is 13.8 Å². The topological polar surface area (TPSA) is 22.4 Å². The van der Waals surface area contributed by atoms with E-state index in [1.165, 1.54) is 54.0 Å². The molecule has 0 bridgehead atoms. The quantitative estimate of drug-likeness (QED) is 0.340. The molecule has 2 aromatic carbocycles. The number of unbranched alkanes of at least 4 members (excludes halogenated alkanes) is 5. The Morgan fingerprint density at radius 3 is 2.15 bits per heavy atom. The summed E-state index contributed by atoms with van der Waals surface area (Å²) in [5.74, 6) is 0.948. The van der Waals surface area contributed by atoms with Crippen LogP contribution in [0.5, 0.6) is 5.75 Å². The smallest absolute Gasteiger partial charge is 0.142 e. The number of ether oxygens (including phenoxy) is 1. The van der Waals surface area contributed by atoms with Gasteiger partial charge in [-0.25, -0.2) is 0 Å². The van der Waals surface area contributed by atoms with Gasteiger partial charge in [-0.15, -0.1) is 0 Å². The summed E-state index contributed by atoms with van der Waals surface area (Å²) >= 11 is 0. The van der Waals surface area contributed by atoms with Crippen molar-refractivity contribution in [2.24, 2.45) is 0 Å². The highest BCUT2D eigenvalue weighted by Gasteiger charge is 2.15. The molecule has 0 unspecified atom stereocenters. The monoisotopic (exact) mass is 366 g/mol. The van der Waals surface area contributed by atoms with E-state index in [9.17, 15) is 0 Å². The number of rotatable bonds is 10. The normalized spacial score (nSPS) is 11.6. The second kappa shape index (κ2) is 9.30. The number of hydrogen-bond acceptors (Lipinski definition) is 2. The Morgan fingerprint density at radius 1 is 0.741 bits per heavy atom. The van der Waals surface area contributed by atoms with Crippen LogP contribution < -0.4 is 4.74 Å². The van der Waals surface area contributed by atoms with Gasteiger partial charge in [0, 0.05) is 16.3 Å². The van der Waals surface area contributed by atoms with Crippen molar-refractivity contribution in [3.05, 3.63) is 41.0 Å². The first-order valence-electron chi connectivity index (χ1n) is 10.7. The number of benzene rings is 2. The van der Waals surface area contributed by atoms with Crippen molar-refractivity contribution < 1.29 is 9.15 Å². The second-order valence-electron chi connectivity index (χ2n) is 7.76. The molecular weight excluding hydrogens is 332 g/mol. The molecule has 1 heterocycles. The first kappa shape index (κ1) is 19.8. The van der Waals surface area contributed by atoms with Crippen molar-refractivity contribution in [2.45, 2.75) is 79.1 Å². The van der Waals surface area contributed by atoms with E-state index < -0.39 is 0 Å². The molecule has 3 rings (SSSR count). The summed E-state index contributed by atoms with van der Waals surface area (Å²) in [7, 11) is 0. The Morgan fingerprint density at radius 2 is 1.41 bits per heavy atom. The van der Waals surface area contributed by atoms with Gasteiger partial charge in [0.2, 0.25) is 0 Å². The van der Waals surface area contributed by atoms with Crippen molar-refractivity contribution in [1.29, 1.82) is 0 Å². The van der Waals surface area contributed by atoms with Gasteiger partial charge in [-0.2, -0.15) is 0 Å². The Hall–Kier alpha value is -1.96. The fourth-order valence-electron chi connectivity index (χ4n) is 3.87. The third-order valence-corrected chi connectivity index (χ3v) is 5.67. The Balaban J connectivity index is 1.86. The average Bonchev–Trinajstić information content (AvgIpc) is 3.06. The molecule has 0 fully saturated rings. The summed E-state index contributed by atoms with van der Waals surface area (Å²) in [4.78, 5) is 0. The van der Waals surface area contributed by atoms with Gasteiger partial charge in [0.15, 0.2) is 0 Å². The molecule has 0 aliphatic carbocycles. The van der Waals surface area contributed by atoms with Crippen LogP contribution in [0.2, 0.25) is 0 Å². The fourth-order valence-corrected chi connectivity index (χ4v) is 3.87. The van der Waals surface area contributed by atoms with Crippen LogP contribution in [0.15, 0.2) is 28.7 Å². The molecule has 27 heavy (non-hydrogen) atoms. The number of fused-ring (bicyclic) bond motifs is 3. The average molecular weight is 367 g/mol. The minimum atomic E-state index is 0.768. The van der Waals surface area contributed by atoms with Gasteiger partial charge in [-0.1, -0.05) is 58.1 Å². The molecule has 0 saturated heterocycles. The number of aryl methyl sites for hydroxylation is 3. The van der Waals surface area contributed by atoms with E-state index in [1.54, 1.807) is 0 Å². The van der Waals surface area contributed by atoms with Gasteiger partial charge in [0.05, 0.1) is 6.61 Å². The molecule has 0 aliphatic rings. The molecule has 0 radical (unpaired) electrons. The second-order valence-corrected chi connectivity index (χ2v) is 7.76. The third-order valence-electron chi connectivity index (χ3n) is 5.67. The molecule has 1 aromatic heterocycles. The van der Waals surface area contributed by atoms with Crippen molar-refractivity contribution in [1.82, 2.24) is 0 Å². The lowest BCUT2D eigenvalue weighted by Gasteiger charge is -2.08. The van der Waals surface area contributed by atoms with Crippen LogP contribution in [-0.4, -0.2) is 6.61 Å². The standard InChI is InChI=1S/C25H34O2/c1-5-7-9-10-11-12-20-13-14-21-22-15-16-23(26-17-8-6-2)19(4)25(22)27-24(21)18(20)3/h13-16H,5-12,17H2,1-4H3. The lowest BCUT2D eigenvalue weighted by Crippen LogP contribution is -1.97. The van der Waals surface area contributed by atoms with E-state index >= 15 is 0 Å².